The van der Waals surface area contributed by atoms with Crippen molar-refractivity contribution < 1.29 is 4.79 Å². The number of amides is 1. The first-order valence-corrected chi connectivity index (χ1v) is 5.74. The summed E-state index contributed by atoms with van der Waals surface area (Å²) in [6.45, 7) is 4.45. The Balaban J connectivity index is 0.00000162. The Kier molecular flexibility index (Phi) is 5.14. The Bertz CT molecular complexity index is 452. The van der Waals surface area contributed by atoms with Crippen LogP contribution in [-0.2, 0) is 0 Å². The number of hydrogen-bond donors (Lipinski definition) is 1. The number of nitriles is 1. The molecule has 0 spiro atoms. The third-order valence-corrected chi connectivity index (χ3v) is 3.02. The lowest BCUT2D eigenvalue weighted by atomic mass is 10.1. The van der Waals surface area contributed by atoms with E-state index in [-0.39, 0.29) is 24.4 Å². The number of piperazine rings is 1. The van der Waals surface area contributed by atoms with Crippen molar-refractivity contribution in [2.75, 3.05) is 19.6 Å². The molecule has 2 rings (SSSR count). The van der Waals surface area contributed by atoms with Gasteiger partial charge in [0, 0.05) is 31.2 Å². The highest BCUT2D eigenvalue weighted by atomic mass is 35.5. The third kappa shape index (κ3) is 3.00. The minimum atomic E-state index is 0. The monoisotopic (exact) mass is 265 g/mol. The van der Waals surface area contributed by atoms with Crippen molar-refractivity contribution in [3.63, 3.8) is 0 Å². The van der Waals surface area contributed by atoms with Crippen LogP contribution in [0.2, 0.25) is 0 Å². The fourth-order valence-electron chi connectivity index (χ4n) is 2.00. The first kappa shape index (κ1) is 14.5. The average molecular weight is 266 g/mol. The van der Waals surface area contributed by atoms with Gasteiger partial charge in [-0.3, -0.25) is 4.79 Å². The van der Waals surface area contributed by atoms with Gasteiger partial charge in [-0.1, -0.05) is 0 Å². The lowest BCUT2D eigenvalue weighted by Crippen LogP contribution is -2.52. The van der Waals surface area contributed by atoms with Crippen molar-refractivity contribution in [2.45, 2.75) is 13.0 Å². The van der Waals surface area contributed by atoms with E-state index in [0.29, 0.717) is 11.1 Å². The molecule has 1 N–H and O–H groups in total. The molecule has 1 fully saturated rings. The van der Waals surface area contributed by atoms with Gasteiger partial charge in [-0.2, -0.15) is 5.26 Å². The zero-order chi connectivity index (χ0) is 12.3. The molecule has 1 aliphatic rings. The van der Waals surface area contributed by atoms with Crippen LogP contribution in [0.5, 0.6) is 0 Å². The molecular weight excluding hydrogens is 250 g/mol. The van der Waals surface area contributed by atoms with Crippen LogP contribution >= 0.6 is 12.4 Å². The van der Waals surface area contributed by atoms with Crippen LogP contribution in [0.15, 0.2) is 24.3 Å². The van der Waals surface area contributed by atoms with E-state index in [2.05, 4.69) is 5.32 Å². The topological polar surface area (TPSA) is 56.1 Å². The molecule has 1 heterocycles. The van der Waals surface area contributed by atoms with Crippen molar-refractivity contribution in [2.24, 2.45) is 0 Å². The number of benzene rings is 1. The van der Waals surface area contributed by atoms with Crippen LogP contribution in [0.25, 0.3) is 0 Å². The first-order chi connectivity index (χ1) is 8.22. The van der Waals surface area contributed by atoms with Crippen LogP contribution in [0.1, 0.15) is 22.8 Å². The molecule has 0 aromatic heterocycles. The van der Waals surface area contributed by atoms with E-state index in [1.807, 2.05) is 17.9 Å². The maximum Gasteiger partial charge on any atom is 0.254 e. The van der Waals surface area contributed by atoms with E-state index in [9.17, 15) is 4.79 Å². The second-order valence-electron chi connectivity index (χ2n) is 4.24. The summed E-state index contributed by atoms with van der Waals surface area (Å²) in [5, 5.41) is 12.0. The van der Waals surface area contributed by atoms with Gasteiger partial charge in [0.15, 0.2) is 0 Å². The van der Waals surface area contributed by atoms with Crippen LogP contribution in [0.3, 0.4) is 0 Å². The number of nitrogens with one attached hydrogen (secondary N) is 1. The summed E-state index contributed by atoms with van der Waals surface area (Å²) in [6.07, 6.45) is 0. The highest BCUT2D eigenvalue weighted by molar-refractivity contribution is 5.94. The summed E-state index contributed by atoms with van der Waals surface area (Å²) in [5.41, 5.74) is 1.23. The summed E-state index contributed by atoms with van der Waals surface area (Å²) in [5.74, 6) is 0.0449. The van der Waals surface area contributed by atoms with Crippen molar-refractivity contribution in [3.8, 4) is 6.07 Å². The zero-order valence-electron chi connectivity index (χ0n) is 10.2. The molecule has 1 amide bonds. The molecule has 18 heavy (non-hydrogen) atoms. The lowest BCUT2D eigenvalue weighted by molar-refractivity contribution is 0.0656. The summed E-state index contributed by atoms with van der Waals surface area (Å²) < 4.78 is 0. The predicted octanol–water partition coefficient (Wildman–Crippen LogP) is 1.41. The van der Waals surface area contributed by atoms with Crippen molar-refractivity contribution in [1.29, 1.82) is 5.26 Å². The summed E-state index contributed by atoms with van der Waals surface area (Å²) in [7, 11) is 0. The van der Waals surface area contributed by atoms with E-state index in [1.54, 1.807) is 24.3 Å². The van der Waals surface area contributed by atoms with E-state index in [4.69, 9.17) is 5.26 Å². The van der Waals surface area contributed by atoms with Crippen molar-refractivity contribution in [3.05, 3.63) is 35.4 Å². The largest absolute Gasteiger partial charge is 0.333 e. The van der Waals surface area contributed by atoms with E-state index < -0.39 is 0 Å². The van der Waals surface area contributed by atoms with Crippen LogP contribution in [-0.4, -0.2) is 36.5 Å². The summed E-state index contributed by atoms with van der Waals surface area (Å²) in [4.78, 5) is 14.1. The molecule has 0 radical (unpaired) electrons. The molecule has 5 heteroatoms. The highest BCUT2D eigenvalue weighted by Crippen LogP contribution is 2.11. The van der Waals surface area contributed by atoms with E-state index in [0.717, 1.165) is 19.6 Å². The Morgan fingerprint density at radius 2 is 2.11 bits per heavy atom. The Labute approximate surface area is 113 Å². The van der Waals surface area contributed by atoms with Gasteiger partial charge in [-0.15, -0.1) is 12.4 Å². The zero-order valence-corrected chi connectivity index (χ0v) is 11.0. The minimum absolute atomic E-state index is 0. The molecular formula is C13H16ClN3O. The standard InChI is InChI=1S/C13H15N3O.ClH/c1-10-9-15-6-7-16(10)13(17)12-4-2-11(8-14)3-5-12;/h2-5,10,15H,6-7,9H2,1H3;1H. The Hall–Kier alpha value is -1.57. The molecule has 0 bridgehead atoms. The number of nitrogens with zero attached hydrogens (tertiary/aromatic N) is 2. The van der Waals surface area contributed by atoms with Gasteiger partial charge >= 0.3 is 0 Å². The fourth-order valence-corrected chi connectivity index (χ4v) is 2.00. The normalized spacial score (nSPS) is 18.7. The molecule has 1 aromatic carbocycles. The molecule has 4 nitrogen and oxygen atoms in total. The molecule has 1 aliphatic heterocycles. The maximum atomic E-state index is 12.2. The molecule has 1 aromatic rings. The lowest BCUT2D eigenvalue weighted by Gasteiger charge is -2.34. The third-order valence-electron chi connectivity index (χ3n) is 3.02. The Morgan fingerprint density at radius 1 is 1.44 bits per heavy atom. The van der Waals surface area contributed by atoms with Gasteiger partial charge < -0.3 is 10.2 Å². The van der Waals surface area contributed by atoms with Crippen LogP contribution in [0, 0.1) is 11.3 Å². The Morgan fingerprint density at radius 3 is 2.67 bits per heavy atom. The quantitative estimate of drug-likeness (QED) is 0.835. The molecule has 0 aliphatic carbocycles. The second-order valence-corrected chi connectivity index (χ2v) is 4.24. The molecule has 1 unspecified atom stereocenters. The minimum Gasteiger partial charge on any atom is -0.333 e. The number of carbonyl (C=O) groups excluding carboxylic acids is 1. The van der Waals surface area contributed by atoms with Gasteiger partial charge in [-0.25, -0.2) is 0 Å². The number of halogens is 1. The average Bonchev–Trinajstić information content (AvgIpc) is 2.39. The van der Waals surface area contributed by atoms with Crippen molar-refractivity contribution >= 4 is 18.3 Å². The summed E-state index contributed by atoms with van der Waals surface area (Å²) >= 11 is 0. The van der Waals surface area contributed by atoms with Gasteiger partial charge in [0.2, 0.25) is 0 Å². The number of rotatable bonds is 1. The molecule has 1 saturated heterocycles. The van der Waals surface area contributed by atoms with Gasteiger partial charge in [-0.05, 0) is 31.2 Å². The maximum absolute atomic E-state index is 12.2. The summed E-state index contributed by atoms with van der Waals surface area (Å²) in [6, 6.07) is 9.06. The van der Waals surface area contributed by atoms with Crippen LogP contribution in [0.4, 0.5) is 0 Å². The first-order valence-electron chi connectivity index (χ1n) is 5.74. The molecule has 1 atom stereocenters. The molecule has 0 saturated carbocycles. The van der Waals surface area contributed by atoms with Gasteiger partial charge in [0.1, 0.15) is 0 Å². The van der Waals surface area contributed by atoms with E-state index in [1.165, 1.54) is 0 Å². The van der Waals surface area contributed by atoms with Crippen LogP contribution < -0.4 is 5.32 Å². The predicted molar refractivity (Wildman–Crippen MR) is 71.8 cm³/mol. The van der Waals surface area contributed by atoms with Gasteiger partial charge in [0.05, 0.1) is 11.6 Å². The second kappa shape index (κ2) is 6.39. The highest BCUT2D eigenvalue weighted by Gasteiger charge is 2.23. The SMILES string of the molecule is CC1CNCCN1C(=O)c1ccc(C#N)cc1.Cl. The van der Waals surface area contributed by atoms with Gasteiger partial charge in [0.25, 0.3) is 5.91 Å². The van der Waals surface area contributed by atoms with E-state index >= 15 is 0 Å². The smallest absolute Gasteiger partial charge is 0.254 e. The number of hydrogen-bond acceptors (Lipinski definition) is 3. The number of carbonyl (C=O) groups is 1. The molecule has 96 valence electrons. The van der Waals surface area contributed by atoms with Crippen molar-refractivity contribution in [1.82, 2.24) is 10.2 Å². The fraction of sp³-hybridized carbons (Fsp3) is 0.385.